The summed E-state index contributed by atoms with van der Waals surface area (Å²) in [5.41, 5.74) is 2.19. The van der Waals surface area contributed by atoms with Crippen LogP contribution >= 0.6 is 0 Å². The van der Waals surface area contributed by atoms with E-state index >= 15 is 0 Å². The zero-order valence-corrected chi connectivity index (χ0v) is 11.4. The van der Waals surface area contributed by atoms with Gasteiger partial charge in [0.2, 0.25) is 0 Å². The minimum atomic E-state index is -0.338. The first-order valence-electron chi connectivity index (χ1n) is 7.17. The van der Waals surface area contributed by atoms with Crippen molar-refractivity contribution in [3.63, 3.8) is 0 Å². The van der Waals surface area contributed by atoms with Gasteiger partial charge in [-0.1, -0.05) is 24.3 Å². The van der Waals surface area contributed by atoms with Crippen LogP contribution < -0.4 is 5.32 Å². The molecule has 0 amide bonds. The number of carbonyl (C=O) groups excluding carboxylic acids is 1. The van der Waals surface area contributed by atoms with E-state index in [9.17, 15) is 4.79 Å². The Hall–Kier alpha value is -1.19. The molecule has 1 fully saturated rings. The van der Waals surface area contributed by atoms with E-state index in [1.54, 1.807) is 0 Å². The number of nitrogens with one attached hydrogen (secondary N) is 1. The lowest BCUT2D eigenvalue weighted by molar-refractivity contribution is -0.127. The van der Waals surface area contributed by atoms with Crippen LogP contribution in [0, 0.1) is 0 Å². The van der Waals surface area contributed by atoms with Crippen LogP contribution in [0.1, 0.15) is 43.4 Å². The summed E-state index contributed by atoms with van der Waals surface area (Å²) in [6.45, 7) is 3.69. The Morgan fingerprint density at radius 2 is 2.32 bits per heavy atom. The molecule has 0 bridgehead atoms. The Bertz CT molecular complexity index is 477. The molecular weight excluding hydrogens is 238 g/mol. The minimum Gasteiger partial charge on any atom is -0.373 e. The number of ketones is 1. The first-order chi connectivity index (χ1) is 9.19. The average molecular weight is 259 g/mol. The summed E-state index contributed by atoms with van der Waals surface area (Å²) in [6.07, 6.45) is 3.42. The molecule has 2 unspecified atom stereocenters. The van der Waals surface area contributed by atoms with Crippen molar-refractivity contribution < 1.29 is 9.53 Å². The first kappa shape index (κ1) is 12.8. The van der Waals surface area contributed by atoms with Gasteiger partial charge in [-0.25, -0.2) is 0 Å². The van der Waals surface area contributed by atoms with Crippen molar-refractivity contribution in [2.24, 2.45) is 0 Å². The standard InChI is InChI=1S/C16H21NO2/c1-16(8-4-9-17-16)15(18)11-14-13-6-3-2-5-12(13)7-10-19-14/h2-3,5-6,14,17H,4,7-11H2,1H3. The van der Waals surface area contributed by atoms with Gasteiger partial charge in [0.05, 0.1) is 18.2 Å². The van der Waals surface area contributed by atoms with Gasteiger partial charge in [-0.2, -0.15) is 0 Å². The highest BCUT2D eigenvalue weighted by Crippen LogP contribution is 2.32. The third kappa shape index (κ3) is 2.45. The highest BCUT2D eigenvalue weighted by molar-refractivity contribution is 5.88. The van der Waals surface area contributed by atoms with E-state index in [1.807, 2.05) is 13.0 Å². The zero-order valence-electron chi connectivity index (χ0n) is 11.4. The van der Waals surface area contributed by atoms with Crippen molar-refractivity contribution in [3.05, 3.63) is 35.4 Å². The molecule has 2 aliphatic rings. The first-order valence-corrected chi connectivity index (χ1v) is 7.17. The predicted octanol–water partition coefficient (Wildman–Crippen LogP) is 2.40. The van der Waals surface area contributed by atoms with Gasteiger partial charge in [0.25, 0.3) is 0 Å². The topological polar surface area (TPSA) is 38.3 Å². The van der Waals surface area contributed by atoms with E-state index in [0.717, 1.165) is 32.4 Å². The largest absolute Gasteiger partial charge is 0.373 e. The van der Waals surface area contributed by atoms with Crippen LogP contribution in [0.4, 0.5) is 0 Å². The monoisotopic (exact) mass is 259 g/mol. The maximum Gasteiger partial charge on any atom is 0.155 e. The Balaban J connectivity index is 1.76. The van der Waals surface area contributed by atoms with Gasteiger partial charge in [-0.15, -0.1) is 0 Å². The molecule has 1 aromatic rings. The Labute approximate surface area is 114 Å². The fourth-order valence-electron chi connectivity index (χ4n) is 3.17. The lowest BCUT2D eigenvalue weighted by Gasteiger charge is -2.29. The molecule has 0 radical (unpaired) electrons. The lowest BCUT2D eigenvalue weighted by Crippen LogP contribution is -2.45. The van der Waals surface area contributed by atoms with E-state index in [-0.39, 0.29) is 17.4 Å². The maximum atomic E-state index is 12.5. The van der Waals surface area contributed by atoms with E-state index in [0.29, 0.717) is 6.42 Å². The molecule has 3 nitrogen and oxygen atoms in total. The van der Waals surface area contributed by atoms with Crippen molar-refractivity contribution in [2.75, 3.05) is 13.2 Å². The number of carbonyl (C=O) groups is 1. The molecule has 1 saturated heterocycles. The molecule has 3 heteroatoms. The molecule has 0 aromatic heterocycles. The van der Waals surface area contributed by atoms with Crippen molar-refractivity contribution in [2.45, 2.75) is 44.2 Å². The number of benzene rings is 1. The summed E-state index contributed by atoms with van der Waals surface area (Å²) < 4.78 is 5.83. The number of ether oxygens (including phenoxy) is 1. The molecule has 0 saturated carbocycles. The highest BCUT2D eigenvalue weighted by Gasteiger charge is 2.37. The molecular formula is C16H21NO2. The number of hydrogen-bond acceptors (Lipinski definition) is 3. The lowest BCUT2D eigenvalue weighted by atomic mass is 9.87. The molecule has 102 valence electrons. The summed E-state index contributed by atoms with van der Waals surface area (Å²) in [5, 5.41) is 3.34. The maximum absolute atomic E-state index is 12.5. The van der Waals surface area contributed by atoms with E-state index in [2.05, 4.69) is 23.5 Å². The zero-order chi connectivity index (χ0) is 13.3. The van der Waals surface area contributed by atoms with Crippen LogP contribution in [0.2, 0.25) is 0 Å². The van der Waals surface area contributed by atoms with Gasteiger partial charge in [-0.3, -0.25) is 4.79 Å². The molecule has 2 atom stereocenters. The van der Waals surface area contributed by atoms with E-state index in [4.69, 9.17) is 4.74 Å². The van der Waals surface area contributed by atoms with Gasteiger partial charge in [0, 0.05) is 6.42 Å². The third-order valence-corrected chi connectivity index (χ3v) is 4.45. The SMILES string of the molecule is CC1(C(=O)CC2OCCc3ccccc32)CCCN1. The molecule has 1 N–H and O–H groups in total. The second-order valence-electron chi connectivity index (χ2n) is 5.80. The molecule has 19 heavy (non-hydrogen) atoms. The second-order valence-corrected chi connectivity index (χ2v) is 5.80. The number of rotatable bonds is 3. The highest BCUT2D eigenvalue weighted by atomic mass is 16.5. The predicted molar refractivity (Wildman–Crippen MR) is 74.1 cm³/mol. The Kier molecular flexibility index (Phi) is 3.42. The fourth-order valence-corrected chi connectivity index (χ4v) is 3.17. The van der Waals surface area contributed by atoms with Gasteiger partial charge in [0.15, 0.2) is 5.78 Å². The summed E-state index contributed by atoms with van der Waals surface area (Å²) >= 11 is 0. The smallest absolute Gasteiger partial charge is 0.155 e. The number of hydrogen-bond donors (Lipinski definition) is 1. The van der Waals surface area contributed by atoms with Crippen LogP contribution in [0.25, 0.3) is 0 Å². The van der Waals surface area contributed by atoms with E-state index < -0.39 is 0 Å². The van der Waals surface area contributed by atoms with Crippen LogP contribution in [-0.4, -0.2) is 24.5 Å². The Morgan fingerprint density at radius 3 is 3.11 bits per heavy atom. The molecule has 2 heterocycles. The minimum absolute atomic E-state index is 0.0586. The molecule has 3 rings (SSSR count). The van der Waals surface area contributed by atoms with Crippen molar-refractivity contribution in [1.29, 1.82) is 0 Å². The van der Waals surface area contributed by atoms with Crippen molar-refractivity contribution in [1.82, 2.24) is 5.32 Å². The molecule has 1 aromatic carbocycles. The number of fused-ring (bicyclic) bond motifs is 1. The van der Waals surface area contributed by atoms with Crippen molar-refractivity contribution in [3.8, 4) is 0 Å². The summed E-state index contributed by atoms with van der Waals surface area (Å²) in [4.78, 5) is 12.5. The van der Waals surface area contributed by atoms with Crippen LogP contribution in [-0.2, 0) is 16.0 Å². The molecule has 2 aliphatic heterocycles. The van der Waals surface area contributed by atoms with Crippen molar-refractivity contribution >= 4 is 5.78 Å². The third-order valence-electron chi connectivity index (χ3n) is 4.45. The fraction of sp³-hybridized carbons (Fsp3) is 0.562. The summed E-state index contributed by atoms with van der Waals surface area (Å²) in [6, 6.07) is 8.32. The Morgan fingerprint density at radius 1 is 1.47 bits per heavy atom. The average Bonchev–Trinajstić information content (AvgIpc) is 2.87. The van der Waals surface area contributed by atoms with Crippen LogP contribution in [0.3, 0.4) is 0 Å². The molecule has 0 spiro atoms. The van der Waals surface area contributed by atoms with Crippen LogP contribution in [0.5, 0.6) is 0 Å². The molecule has 0 aliphatic carbocycles. The normalized spacial score (nSPS) is 30.1. The summed E-state index contributed by atoms with van der Waals surface area (Å²) in [7, 11) is 0. The quantitative estimate of drug-likeness (QED) is 0.906. The van der Waals surface area contributed by atoms with E-state index in [1.165, 1.54) is 11.1 Å². The summed E-state index contributed by atoms with van der Waals surface area (Å²) in [5.74, 6) is 0.284. The van der Waals surface area contributed by atoms with Gasteiger partial charge in [-0.05, 0) is 43.9 Å². The number of Topliss-reactive ketones (excluding diaryl/α,β-unsaturated/α-hetero) is 1. The van der Waals surface area contributed by atoms with Gasteiger partial charge < -0.3 is 10.1 Å². The van der Waals surface area contributed by atoms with Crippen LogP contribution in [0.15, 0.2) is 24.3 Å². The van der Waals surface area contributed by atoms with Gasteiger partial charge in [0.1, 0.15) is 0 Å². The second kappa shape index (κ2) is 5.06. The van der Waals surface area contributed by atoms with Gasteiger partial charge >= 0.3 is 0 Å².